The van der Waals surface area contributed by atoms with Crippen molar-refractivity contribution in [1.82, 2.24) is 4.90 Å². The van der Waals surface area contributed by atoms with Crippen molar-refractivity contribution in [3.63, 3.8) is 0 Å². The van der Waals surface area contributed by atoms with Gasteiger partial charge in [-0.15, -0.1) is 0 Å². The third kappa shape index (κ3) is 2.68. The SMILES string of the molecule is CC1COC(CBr)CN1CCF. The fraction of sp³-hybridized carbons (Fsp3) is 1.00. The Morgan fingerprint density at radius 2 is 2.42 bits per heavy atom. The minimum absolute atomic E-state index is 0.229. The monoisotopic (exact) mass is 239 g/mol. The Balaban J connectivity index is 2.36. The van der Waals surface area contributed by atoms with E-state index in [9.17, 15) is 4.39 Å². The summed E-state index contributed by atoms with van der Waals surface area (Å²) in [5, 5.41) is 0.836. The molecule has 0 aromatic rings. The second kappa shape index (κ2) is 5.14. The molecule has 1 aliphatic rings. The summed E-state index contributed by atoms with van der Waals surface area (Å²) in [6, 6.07) is 0.357. The number of halogens is 2. The minimum atomic E-state index is -0.265. The van der Waals surface area contributed by atoms with E-state index in [0.29, 0.717) is 12.6 Å². The first-order valence-electron chi connectivity index (χ1n) is 4.25. The van der Waals surface area contributed by atoms with Crippen LogP contribution in [-0.4, -0.2) is 48.7 Å². The van der Waals surface area contributed by atoms with Gasteiger partial charge in [-0.25, -0.2) is 4.39 Å². The lowest BCUT2D eigenvalue weighted by Gasteiger charge is -2.36. The van der Waals surface area contributed by atoms with E-state index in [0.717, 1.165) is 18.5 Å². The topological polar surface area (TPSA) is 12.5 Å². The van der Waals surface area contributed by atoms with E-state index in [2.05, 4.69) is 27.8 Å². The maximum atomic E-state index is 12.1. The van der Waals surface area contributed by atoms with Crippen LogP contribution in [0.1, 0.15) is 6.92 Å². The summed E-state index contributed by atoms with van der Waals surface area (Å²) in [5.41, 5.74) is 0. The normalized spacial score (nSPS) is 32.2. The van der Waals surface area contributed by atoms with Crippen LogP contribution in [-0.2, 0) is 4.74 Å². The smallest absolute Gasteiger partial charge is 0.102 e. The lowest BCUT2D eigenvalue weighted by molar-refractivity contribution is -0.0478. The third-order valence-electron chi connectivity index (χ3n) is 2.18. The Labute approximate surface area is 81.2 Å². The van der Waals surface area contributed by atoms with Gasteiger partial charge in [-0.1, -0.05) is 15.9 Å². The molecule has 1 aliphatic heterocycles. The summed E-state index contributed by atoms with van der Waals surface area (Å²) in [6.45, 7) is 3.90. The molecule has 0 bridgehead atoms. The van der Waals surface area contributed by atoms with Gasteiger partial charge in [-0.2, -0.15) is 0 Å². The first-order chi connectivity index (χ1) is 5.77. The molecule has 2 atom stereocenters. The number of hydrogen-bond donors (Lipinski definition) is 0. The average Bonchev–Trinajstić information content (AvgIpc) is 2.09. The molecule has 0 aromatic carbocycles. The Morgan fingerprint density at radius 3 is 3.00 bits per heavy atom. The molecule has 0 N–H and O–H groups in total. The third-order valence-corrected chi connectivity index (χ3v) is 2.90. The van der Waals surface area contributed by atoms with Gasteiger partial charge in [0, 0.05) is 24.5 Å². The number of rotatable bonds is 3. The summed E-state index contributed by atoms with van der Waals surface area (Å²) in [6.07, 6.45) is 0.229. The van der Waals surface area contributed by atoms with Crippen molar-refractivity contribution in [3.05, 3.63) is 0 Å². The second-order valence-electron chi connectivity index (χ2n) is 3.14. The van der Waals surface area contributed by atoms with Crippen LogP contribution in [0.5, 0.6) is 0 Å². The first-order valence-corrected chi connectivity index (χ1v) is 5.37. The highest BCUT2D eigenvalue weighted by molar-refractivity contribution is 9.09. The maximum absolute atomic E-state index is 12.1. The van der Waals surface area contributed by atoms with Crippen LogP contribution >= 0.6 is 15.9 Å². The van der Waals surface area contributed by atoms with Gasteiger partial charge in [0.2, 0.25) is 0 Å². The largest absolute Gasteiger partial charge is 0.374 e. The predicted octanol–water partition coefficient (Wildman–Crippen LogP) is 1.44. The fourth-order valence-corrected chi connectivity index (χ4v) is 1.78. The molecule has 72 valence electrons. The molecular weight excluding hydrogens is 225 g/mol. The highest BCUT2D eigenvalue weighted by Gasteiger charge is 2.24. The van der Waals surface area contributed by atoms with Crippen LogP contribution in [0.3, 0.4) is 0 Å². The number of alkyl halides is 2. The van der Waals surface area contributed by atoms with Gasteiger partial charge in [0.05, 0.1) is 12.7 Å². The van der Waals surface area contributed by atoms with Gasteiger partial charge in [-0.05, 0) is 6.92 Å². The van der Waals surface area contributed by atoms with Crippen molar-refractivity contribution in [3.8, 4) is 0 Å². The Morgan fingerprint density at radius 1 is 1.67 bits per heavy atom. The number of ether oxygens (including phenoxy) is 1. The molecule has 2 unspecified atom stereocenters. The summed E-state index contributed by atoms with van der Waals surface area (Å²) in [5.74, 6) is 0. The molecule has 12 heavy (non-hydrogen) atoms. The van der Waals surface area contributed by atoms with Crippen LogP contribution in [0.15, 0.2) is 0 Å². The highest BCUT2D eigenvalue weighted by Crippen LogP contribution is 2.12. The van der Waals surface area contributed by atoms with Gasteiger partial charge >= 0.3 is 0 Å². The van der Waals surface area contributed by atoms with Crippen LogP contribution < -0.4 is 0 Å². The van der Waals surface area contributed by atoms with E-state index >= 15 is 0 Å². The van der Waals surface area contributed by atoms with Gasteiger partial charge in [0.1, 0.15) is 6.67 Å². The van der Waals surface area contributed by atoms with Crippen molar-refractivity contribution < 1.29 is 9.13 Å². The van der Waals surface area contributed by atoms with E-state index in [-0.39, 0.29) is 12.8 Å². The van der Waals surface area contributed by atoms with Crippen LogP contribution in [0.25, 0.3) is 0 Å². The molecule has 1 rings (SSSR count). The highest BCUT2D eigenvalue weighted by atomic mass is 79.9. The Bertz CT molecular complexity index is 136. The molecule has 1 saturated heterocycles. The van der Waals surface area contributed by atoms with E-state index in [4.69, 9.17) is 4.74 Å². The van der Waals surface area contributed by atoms with Crippen molar-refractivity contribution in [2.45, 2.75) is 19.1 Å². The molecule has 2 nitrogen and oxygen atoms in total. The van der Waals surface area contributed by atoms with E-state index < -0.39 is 0 Å². The summed E-state index contributed by atoms with van der Waals surface area (Å²) in [7, 11) is 0. The quantitative estimate of drug-likeness (QED) is 0.692. The average molecular weight is 240 g/mol. The molecular formula is C8H15BrFNO. The second-order valence-corrected chi connectivity index (χ2v) is 3.79. The van der Waals surface area contributed by atoms with Gasteiger partial charge in [0.15, 0.2) is 0 Å². The van der Waals surface area contributed by atoms with Gasteiger partial charge in [0.25, 0.3) is 0 Å². The lowest BCUT2D eigenvalue weighted by Crippen LogP contribution is -2.49. The van der Waals surface area contributed by atoms with Crippen molar-refractivity contribution in [2.75, 3.05) is 31.7 Å². The minimum Gasteiger partial charge on any atom is -0.374 e. The summed E-state index contributed by atoms with van der Waals surface area (Å²) < 4.78 is 17.6. The first kappa shape index (κ1) is 10.4. The number of morpholine rings is 1. The van der Waals surface area contributed by atoms with Crippen molar-refractivity contribution >= 4 is 15.9 Å². The number of hydrogen-bond acceptors (Lipinski definition) is 2. The molecule has 0 spiro atoms. The molecule has 1 heterocycles. The zero-order valence-corrected chi connectivity index (χ0v) is 8.89. The zero-order valence-electron chi connectivity index (χ0n) is 7.30. The summed E-state index contributed by atoms with van der Waals surface area (Å²) in [4.78, 5) is 2.13. The van der Waals surface area contributed by atoms with E-state index in [1.165, 1.54) is 0 Å². The Hall–Kier alpha value is 0.330. The standard InChI is InChI=1S/C8H15BrFNO/c1-7-6-12-8(4-9)5-11(7)3-2-10/h7-8H,2-6H2,1H3. The Kier molecular flexibility index (Phi) is 4.46. The van der Waals surface area contributed by atoms with Crippen molar-refractivity contribution in [1.29, 1.82) is 0 Å². The molecule has 0 saturated carbocycles. The van der Waals surface area contributed by atoms with Crippen molar-refractivity contribution in [2.24, 2.45) is 0 Å². The lowest BCUT2D eigenvalue weighted by atomic mass is 10.2. The summed E-state index contributed by atoms with van der Waals surface area (Å²) >= 11 is 3.36. The van der Waals surface area contributed by atoms with Crippen LogP contribution in [0, 0.1) is 0 Å². The van der Waals surface area contributed by atoms with Gasteiger partial charge < -0.3 is 4.74 Å². The van der Waals surface area contributed by atoms with Crippen LogP contribution in [0.4, 0.5) is 4.39 Å². The molecule has 1 fully saturated rings. The molecule has 0 aromatic heterocycles. The fourth-order valence-electron chi connectivity index (χ4n) is 1.39. The number of nitrogens with zero attached hydrogens (tertiary/aromatic N) is 1. The molecule has 0 amide bonds. The van der Waals surface area contributed by atoms with Gasteiger partial charge in [-0.3, -0.25) is 4.90 Å². The predicted molar refractivity (Wildman–Crippen MR) is 50.5 cm³/mol. The van der Waals surface area contributed by atoms with E-state index in [1.807, 2.05) is 0 Å². The maximum Gasteiger partial charge on any atom is 0.102 e. The molecule has 0 radical (unpaired) electrons. The van der Waals surface area contributed by atoms with Crippen LogP contribution in [0.2, 0.25) is 0 Å². The molecule has 0 aliphatic carbocycles. The zero-order chi connectivity index (χ0) is 8.97. The molecule has 4 heteroatoms. The van der Waals surface area contributed by atoms with E-state index in [1.54, 1.807) is 0 Å².